The van der Waals surface area contributed by atoms with Gasteiger partial charge in [0.05, 0.1) is 12.2 Å². The van der Waals surface area contributed by atoms with E-state index in [1.807, 2.05) is 19.2 Å². The van der Waals surface area contributed by atoms with Crippen molar-refractivity contribution in [2.75, 3.05) is 26.1 Å². The Morgan fingerprint density at radius 2 is 2.07 bits per heavy atom. The summed E-state index contributed by atoms with van der Waals surface area (Å²) >= 11 is 0. The lowest BCUT2D eigenvalue weighted by molar-refractivity contribution is -0.0914. The molecular formula is C10H16N2O2. The Bertz CT molecular complexity index is 275. The minimum atomic E-state index is -0.226. The van der Waals surface area contributed by atoms with Crippen LogP contribution < -0.4 is 5.32 Å². The van der Waals surface area contributed by atoms with Gasteiger partial charge in [-0.05, 0) is 18.6 Å². The smallest absolute Gasteiger partial charge is 0.173 e. The van der Waals surface area contributed by atoms with E-state index in [9.17, 15) is 0 Å². The molecule has 0 aromatic carbocycles. The number of hydrogen-bond acceptors (Lipinski definition) is 4. The average Bonchev–Trinajstić information content (AvgIpc) is 2.19. The van der Waals surface area contributed by atoms with Crippen molar-refractivity contribution in [1.29, 1.82) is 0 Å². The van der Waals surface area contributed by atoms with Gasteiger partial charge in [0, 0.05) is 26.6 Å². The normalized spacial score (nSPS) is 10.6. The van der Waals surface area contributed by atoms with Gasteiger partial charge in [0.2, 0.25) is 0 Å². The molecule has 1 heterocycles. The van der Waals surface area contributed by atoms with Crippen LogP contribution in [-0.4, -0.2) is 32.0 Å². The van der Waals surface area contributed by atoms with E-state index in [4.69, 9.17) is 9.47 Å². The second-order valence-electron chi connectivity index (χ2n) is 3.03. The van der Waals surface area contributed by atoms with Crippen molar-refractivity contribution >= 4 is 5.69 Å². The predicted octanol–water partition coefficient (Wildman–Crippen LogP) is 1.42. The number of aromatic nitrogens is 1. The second kappa shape index (κ2) is 5.57. The molecule has 0 radical (unpaired) electrons. The van der Waals surface area contributed by atoms with Gasteiger partial charge in [-0.1, -0.05) is 0 Å². The highest BCUT2D eigenvalue weighted by Crippen LogP contribution is 2.07. The molecule has 0 aliphatic rings. The summed E-state index contributed by atoms with van der Waals surface area (Å²) in [5.74, 6) is 0. The van der Waals surface area contributed by atoms with Crippen LogP contribution in [0.15, 0.2) is 18.5 Å². The summed E-state index contributed by atoms with van der Waals surface area (Å²) in [6.45, 7) is 2.61. The molecule has 0 aliphatic heterocycles. The van der Waals surface area contributed by atoms with E-state index in [2.05, 4.69) is 10.3 Å². The van der Waals surface area contributed by atoms with E-state index in [0.29, 0.717) is 6.54 Å². The minimum absolute atomic E-state index is 0.226. The highest BCUT2D eigenvalue weighted by Gasteiger charge is 2.03. The van der Waals surface area contributed by atoms with Crippen molar-refractivity contribution in [3.63, 3.8) is 0 Å². The molecule has 0 spiro atoms. The molecule has 1 N–H and O–H groups in total. The summed E-state index contributed by atoms with van der Waals surface area (Å²) in [6.07, 6.45) is 3.36. The fraction of sp³-hybridized carbons (Fsp3) is 0.500. The van der Waals surface area contributed by atoms with Crippen LogP contribution in [-0.2, 0) is 9.47 Å². The van der Waals surface area contributed by atoms with E-state index < -0.39 is 0 Å². The Labute approximate surface area is 84.3 Å². The molecule has 0 aliphatic carbocycles. The van der Waals surface area contributed by atoms with Gasteiger partial charge < -0.3 is 14.8 Å². The number of aryl methyl sites for hydroxylation is 1. The molecule has 78 valence electrons. The third kappa shape index (κ3) is 3.32. The SMILES string of the molecule is COC(CNc1cncc(C)c1)OC. The minimum Gasteiger partial charge on any atom is -0.379 e. The first-order chi connectivity index (χ1) is 6.76. The maximum absolute atomic E-state index is 5.05. The third-order valence-corrected chi connectivity index (χ3v) is 1.87. The average molecular weight is 196 g/mol. The molecule has 4 nitrogen and oxygen atoms in total. The van der Waals surface area contributed by atoms with E-state index in [-0.39, 0.29) is 6.29 Å². The standard InChI is InChI=1S/C10H16N2O2/c1-8-4-9(6-11-5-8)12-7-10(13-2)14-3/h4-6,10,12H,7H2,1-3H3. The van der Waals surface area contributed by atoms with E-state index in [0.717, 1.165) is 11.3 Å². The molecule has 4 heteroatoms. The van der Waals surface area contributed by atoms with Gasteiger partial charge in [-0.3, -0.25) is 4.98 Å². The van der Waals surface area contributed by atoms with Gasteiger partial charge in [-0.25, -0.2) is 0 Å². The quantitative estimate of drug-likeness (QED) is 0.723. The second-order valence-corrected chi connectivity index (χ2v) is 3.03. The fourth-order valence-corrected chi connectivity index (χ4v) is 1.12. The summed E-state index contributed by atoms with van der Waals surface area (Å²) in [5.41, 5.74) is 2.10. The van der Waals surface area contributed by atoms with Gasteiger partial charge in [0.15, 0.2) is 6.29 Å². The number of methoxy groups -OCH3 is 2. The summed E-state index contributed by atoms with van der Waals surface area (Å²) in [5, 5.41) is 3.17. The number of ether oxygens (including phenoxy) is 2. The first-order valence-electron chi connectivity index (χ1n) is 4.47. The Morgan fingerprint density at radius 1 is 1.36 bits per heavy atom. The highest BCUT2D eigenvalue weighted by atomic mass is 16.7. The number of anilines is 1. The molecular weight excluding hydrogens is 180 g/mol. The van der Waals surface area contributed by atoms with Gasteiger partial charge >= 0.3 is 0 Å². The zero-order valence-corrected chi connectivity index (χ0v) is 8.78. The number of pyridine rings is 1. The fourth-order valence-electron chi connectivity index (χ4n) is 1.12. The van der Waals surface area contributed by atoms with Crippen LogP contribution in [0, 0.1) is 6.92 Å². The van der Waals surface area contributed by atoms with Crippen LogP contribution in [0.4, 0.5) is 5.69 Å². The Hall–Kier alpha value is -1.13. The van der Waals surface area contributed by atoms with Crippen molar-refractivity contribution in [2.45, 2.75) is 13.2 Å². The lowest BCUT2D eigenvalue weighted by Crippen LogP contribution is -2.23. The first kappa shape index (κ1) is 10.9. The summed E-state index contributed by atoms with van der Waals surface area (Å²) in [6, 6.07) is 2.02. The summed E-state index contributed by atoms with van der Waals surface area (Å²) in [7, 11) is 3.23. The van der Waals surface area contributed by atoms with Crippen LogP contribution in [0.3, 0.4) is 0 Å². The number of nitrogens with one attached hydrogen (secondary N) is 1. The maximum Gasteiger partial charge on any atom is 0.173 e. The topological polar surface area (TPSA) is 43.4 Å². The van der Waals surface area contributed by atoms with Gasteiger partial charge in [0.1, 0.15) is 0 Å². The van der Waals surface area contributed by atoms with Crippen LogP contribution >= 0.6 is 0 Å². The summed E-state index contributed by atoms with van der Waals surface area (Å²) in [4.78, 5) is 4.07. The predicted molar refractivity (Wildman–Crippen MR) is 55.3 cm³/mol. The Kier molecular flexibility index (Phi) is 4.35. The van der Waals surface area contributed by atoms with E-state index in [1.165, 1.54) is 0 Å². The van der Waals surface area contributed by atoms with Crippen molar-refractivity contribution in [2.24, 2.45) is 0 Å². The lowest BCUT2D eigenvalue weighted by Gasteiger charge is -2.14. The molecule has 1 rings (SSSR count). The molecule has 0 atom stereocenters. The molecule has 1 aromatic heterocycles. The van der Waals surface area contributed by atoms with Crippen molar-refractivity contribution in [3.8, 4) is 0 Å². The molecule has 14 heavy (non-hydrogen) atoms. The zero-order chi connectivity index (χ0) is 10.4. The third-order valence-electron chi connectivity index (χ3n) is 1.87. The molecule has 0 saturated carbocycles. The number of rotatable bonds is 5. The first-order valence-corrected chi connectivity index (χ1v) is 4.47. The molecule has 1 aromatic rings. The van der Waals surface area contributed by atoms with Gasteiger partial charge in [-0.15, -0.1) is 0 Å². The molecule has 0 unspecified atom stereocenters. The van der Waals surface area contributed by atoms with Gasteiger partial charge in [-0.2, -0.15) is 0 Å². The monoisotopic (exact) mass is 196 g/mol. The Morgan fingerprint density at radius 3 is 2.64 bits per heavy atom. The summed E-state index contributed by atoms with van der Waals surface area (Å²) < 4.78 is 10.1. The van der Waals surface area contributed by atoms with E-state index >= 15 is 0 Å². The van der Waals surface area contributed by atoms with Crippen molar-refractivity contribution in [1.82, 2.24) is 4.98 Å². The van der Waals surface area contributed by atoms with Crippen molar-refractivity contribution in [3.05, 3.63) is 24.0 Å². The maximum atomic E-state index is 5.05. The Balaban J connectivity index is 2.44. The number of hydrogen-bond donors (Lipinski definition) is 1. The molecule has 0 fully saturated rings. The highest BCUT2D eigenvalue weighted by molar-refractivity contribution is 5.42. The molecule has 0 amide bonds. The molecule has 0 bridgehead atoms. The van der Waals surface area contributed by atoms with Crippen LogP contribution in [0.1, 0.15) is 5.56 Å². The molecule has 0 saturated heterocycles. The van der Waals surface area contributed by atoms with Gasteiger partial charge in [0.25, 0.3) is 0 Å². The van der Waals surface area contributed by atoms with Crippen LogP contribution in [0.2, 0.25) is 0 Å². The largest absolute Gasteiger partial charge is 0.379 e. The van der Waals surface area contributed by atoms with Crippen LogP contribution in [0.25, 0.3) is 0 Å². The lowest BCUT2D eigenvalue weighted by atomic mass is 10.3. The van der Waals surface area contributed by atoms with Crippen molar-refractivity contribution < 1.29 is 9.47 Å². The van der Waals surface area contributed by atoms with E-state index in [1.54, 1.807) is 20.4 Å². The number of nitrogens with zero attached hydrogens (tertiary/aromatic N) is 1. The van der Waals surface area contributed by atoms with Crippen LogP contribution in [0.5, 0.6) is 0 Å². The zero-order valence-electron chi connectivity index (χ0n) is 8.78.